The summed E-state index contributed by atoms with van der Waals surface area (Å²) in [5, 5.41) is 0.848. The number of phosphoric ester groups is 1. The normalized spacial score (nSPS) is 13.5. The Hall–Kier alpha value is -2.79. The zero-order valence-corrected chi connectivity index (χ0v) is 13.5. The van der Waals surface area contributed by atoms with E-state index in [-0.39, 0.29) is 39.2 Å². The third-order valence-electron chi connectivity index (χ3n) is 4.11. The van der Waals surface area contributed by atoms with Gasteiger partial charge >= 0.3 is 0 Å². The maximum atomic E-state index is 13.0. The van der Waals surface area contributed by atoms with Gasteiger partial charge in [-0.3, -0.25) is 9.59 Å². The zero-order valence-electron chi connectivity index (χ0n) is 12.6. The largest absolute Gasteiger partial charge is 0.780 e. The van der Waals surface area contributed by atoms with E-state index < -0.39 is 13.6 Å². The van der Waals surface area contributed by atoms with E-state index in [0.717, 1.165) is 0 Å². The Balaban J connectivity index is 2.15. The van der Waals surface area contributed by atoms with Crippen molar-refractivity contribution in [2.24, 2.45) is 0 Å². The fourth-order valence-corrected chi connectivity index (χ4v) is 3.52. The molecule has 0 saturated carbocycles. The second-order valence-corrected chi connectivity index (χ2v) is 6.66. The van der Waals surface area contributed by atoms with E-state index in [4.69, 9.17) is 0 Å². The van der Waals surface area contributed by atoms with Crippen LogP contribution in [0.15, 0.2) is 54.6 Å². The predicted molar refractivity (Wildman–Crippen MR) is 85.5 cm³/mol. The first kappa shape index (κ1) is 15.7. The van der Waals surface area contributed by atoms with Crippen LogP contribution in [0.4, 0.5) is 0 Å². The molecule has 0 amide bonds. The minimum Gasteiger partial charge on any atom is -0.780 e. The summed E-state index contributed by atoms with van der Waals surface area (Å²) in [4.78, 5) is 48.1. The Bertz CT molecular complexity index is 1110. The van der Waals surface area contributed by atoms with Crippen molar-refractivity contribution in [2.75, 3.05) is 0 Å². The van der Waals surface area contributed by atoms with Crippen LogP contribution in [0.2, 0.25) is 0 Å². The summed E-state index contributed by atoms with van der Waals surface area (Å²) in [6.45, 7) is 0. The predicted octanol–water partition coefficient (Wildman–Crippen LogP) is 1.82. The Morgan fingerprint density at radius 3 is 2.08 bits per heavy atom. The Morgan fingerprint density at radius 2 is 1.40 bits per heavy atom. The monoisotopic (exact) mass is 352 g/mol. The van der Waals surface area contributed by atoms with E-state index in [0.29, 0.717) is 5.39 Å². The number of benzene rings is 3. The van der Waals surface area contributed by atoms with Gasteiger partial charge in [0.1, 0.15) is 13.6 Å². The van der Waals surface area contributed by atoms with Crippen molar-refractivity contribution in [3.05, 3.63) is 76.9 Å². The summed E-state index contributed by atoms with van der Waals surface area (Å²) < 4.78 is 15.6. The van der Waals surface area contributed by atoms with Crippen LogP contribution in [0, 0.1) is 0 Å². The lowest BCUT2D eigenvalue weighted by Gasteiger charge is -2.30. The van der Waals surface area contributed by atoms with Gasteiger partial charge in [-0.05, 0) is 11.5 Å². The molecule has 0 saturated heterocycles. The number of fused-ring (bicyclic) bond motifs is 1. The first-order valence-corrected chi connectivity index (χ1v) is 8.79. The van der Waals surface area contributed by atoms with Crippen LogP contribution >= 0.6 is 7.82 Å². The lowest BCUT2D eigenvalue weighted by molar-refractivity contribution is -0.333. The van der Waals surface area contributed by atoms with Gasteiger partial charge in [-0.25, -0.2) is 0 Å². The maximum Gasteiger partial charge on any atom is 0.198 e. The van der Waals surface area contributed by atoms with Crippen molar-refractivity contribution in [3.63, 3.8) is 0 Å². The van der Waals surface area contributed by atoms with Gasteiger partial charge in [0.15, 0.2) is 11.6 Å². The molecular formula is C18H9O6P-2. The van der Waals surface area contributed by atoms with Crippen LogP contribution < -0.4 is 14.3 Å². The molecule has 0 bridgehead atoms. The molecule has 3 aromatic rings. The van der Waals surface area contributed by atoms with Crippen LogP contribution in [-0.2, 0) is 4.57 Å². The highest BCUT2D eigenvalue weighted by Crippen LogP contribution is 2.40. The van der Waals surface area contributed by atoms with E-state index in [1.165, 1.54) is 24.3 Å². The SMILES string of the molecule is O=C1c2ccccc2C(=O)c2c(OP(=O)([O-])[O-])ccc3cccc1c23. The molecular weight excluding hydrogens is 343 g/mol. The van der Waals surface area contributed by atoms with E-state index >= 15 is 0 Å². The van der Waals surface area contributed by atoms with Gasteiger partial charge in [-0.2, -0.15) is 0 Å². The lowest BCUT2D eigenvalue weighted by atomic mass is 9.96. The van der Waals surface area contributed by atoms with Crippen molar-refractivity contribution < 1.29 is 28.5 Å². The highest BCUT2D eigenvalue weighted by Gasteiger charge is 2.30. The molecule has 0 fully saturated rings. The first-order valence-electron chi connectivity index (χ1n) is 7.32. The summed E-state index contributed by atoms with van der Waals surface area (Å²) >= 11 is 0. The number of carbonyl (C=O) groups is 2. The van der Waals surface area contributed by atoms with Gasteiger partial charge in [0.25, 0.3) is 0 Å². The van der Waals surface area contributed by atoms with E-state index in [9.17, 15) is 23.9 Å². The minimum absolute atomic E-state index is 0.0988. The van der Waals surface area contributed by atoms with Crippen LogP contribution in [0.25, 0.3) is 10.8 Å². The van der Waals surface area contributed by atoms with Gasteiger partial charge in [0, 0.05) is 22.1 Å². The number of carbonyl (C=O) groups excluding carboxylic acids is 2. The number of hydrogen-bond donors (Lipinski definition) is 0. The topological polar surface area (TPSA) is 107 Å². The molecule has 6 nitrogen and oxygen atoms in total. The molecule has 7 heteroatoms. The minimum atomic E-state index is -5.37. The van der Waals surface area contributed by atoms with Crippen LogP contribution in [0.3, 0.4) is 0 Å². The quantitative estimate of drug-likeness (QED) is 0.510. The molecule has 0 atom stereocenters. The number of rotatable bonds is 2. The van der Waals surface area contributed by atoms with Crippen molar-refractivity contribution in [3.8, 4) is 5.75 Å². The highest BCUT2D eigenvalue weighted by molar-refractivity contribution is 7.43. The van der Waals surface area contributed by atoms with Gasteiger partial charge in [0.2, 0.25) is 0 Å². The fraction of sp³-hybridized carbons (Fsp3) is 0. The Labute approximate surface area is 141 Å². The van der Waals surface area contributed by atoms with E-state index in [1.807, 2.05) is 0 Å². The summed E-state index contributed by atoms with van der Waals surface area (Å²) in [6.07, 6.45) is 0. The molecule has 25 heavy (non-hydrogen) atoms. The molecule has 4 rings (SSSR count). The lowest BCUT2D eigenvalue weighted by Crippen LogP contribution is -2.19. The van der Waals surface area contributed by atoms with Crippen LogP contribution in [-0.4, -0.2) is 11.6 Å². The second kappa shape index (κ2) is 5.36. The molecule has 0 aliphatic heterocycles. The summed E-state index contributed by atoms with van der Waals surface area (Å²) in [5.41, 5.74) is 0.503. The third kappa shape index (κ3) is 2.48. The van der Waals surface area contributed by atoms with E-state index in [2.05, 4.69) is 4.52 Å². The Morgan fingerprint density at radius 1 is 0.760 bits per heavy atom. The average molecular weight is 352 g/mol. The molecule has 3 aromatic carbocycles. The van der Waals surface area contributed by atoms with Crippen molar-refractivity contribution in [1.29, 1.82) is 0 Å². The first-order chi connectivity index (χ1) is 11.9. The smallest absolute Gasteiger partial charge is 0.198 e. The molecule has 1 aliphatic carbocycles. The number of phosphoric acid groups is 1. The van der Waals surface area contributed by atoms with Gasteiger partial charge in [-0.1, -0.05) is 48.5 Å². The number of hydrogen-bond acceptors (Lipinski definition) is 6. The van der Waals surface area contributed by atoms with Crippen LogP contribution in [0.5, 0.6) is 5.75 Å². The Kier molecular flexibility index (Phi) is 3.37. The summed E-state index contributed by atoms with van der Waals surface area (Å²) in [6, 6.07) is 13.9. The fourth-order valence-electron chi connectivity index (χ4n) is 3.13. The standard InChI is InChI=1S/C18H11O6P/c19-17-11-5-1-2-6-12(11)18(20)16-14(24-25(21,22)23)9-8-10-4-3-7-13(17)15(10)16/h1-9H,(H2,21,22,23)/p-2. The summed E-state index contributed by atoms with van der Waals surface area (Å²) in [5.74, 6) is -1.29. The number of ketones is 2. The third-order valence-corrected chi connectivity index (χ3v) is 4.53. The second-order valence-electron chi connectivity index (χ2n) is 5.58. The maximum absolute atomic E-state index is 13.0. The van der Waals surface area contributed by atoms with Gasteiger partial charge < -0.3 is 18.9 Å². The van der Waals surface area contributed by atoms with Crippen molar-refractivity contribution in [2.45, 2.75) is 0 Å². The molecule has 1 aliphatic rings. The van der Waals surface area contributed by atoms with Crippen molar-refractivity contribution >= 4 is 30.2 Å². The molecule has 124 valence electrons. The molecule has 0 spiro atoms. The summed E-state index contributed by atoms with van der Waals surface area (Å²) in [7, 11) is -5.37. The molecule has 0 heterocycles. The van der Waals surface area contributed by atoms with Crippen LogP contribution in [0.1, 0.15) is 31.8 Å². The molecule has 0 N–H and O–H groups in total. The molecule has 0 unspecified atom stereocenters. The van der Waals surface area contributed by atoms with E-state index in [1.54, 1.807) is 30.3 Å². The van der Waals surface area contributed by atoms with Crippen molar-refractivity contribution in [1.82, 2.24) is 0 Å². The zero-order chi connectivity index (χ0) is 17.8. The van der Waals surface area contributed by atoms with Gasteiger partial charge in [0.05, 0.1) is 5.56 Å². The molecule has 0 aromatic heterocycles. The highest BCUT2D eigenvalue weighted by atomic mass is 31.2. The average Bonchev–Trinajstić information content (AvgIpc) is 2.67. The molecule has 0 radical (unpaired) electrons. The van der Waals surface area contributed by atoms with Gasteiger partial charge in [-0.15, -0.1) is 0 Å².